The maximum absolute atomic E-state index is 12.1. The van der Waals surface area contributed by atoms with Crippen LogP contribution in [-0.2, 0) is 10.5 Å². The molecule has 3 rings (SSSR count). The highest BCUT2D eigenvalue weighted by atomic mass is 32.2. The first-order chi connectivity index (χ1) is 14.4. The van der Waals surface area contributed by atoms with Crippen LogP contribution in [0, 0.1) is 34.6 Å². The van der Waals surface area contributed by atoms with Crippen LogP contribution in [0.25, 0.3) is 5.69 Å². The Labute approximate surface area is 183 Å². The molecule has 0 aliphatic carbocycles. The maximum atomic E-state index is 12.1. The number of hydrogen-bond donors (Lipinski definition) is 1. The number of nitrogens with zero attached hydrogens (tertiary/aromatic N) is 2. The summed E-state index contributed by atoms with van der Waals surface area (Å²) >= 11 is 1.59. The molecule has 5 heteroatoms. The molecular formula is C25H29N3OS. The Morgan fingerprint density at radius 2 is 1.70 bits per heavy atom. The smallest absolute Gasteiger partial charge is 0.250 e. The third kappa shape index (κ3) is 5.22. The lowest BCUT2D eigenvalue weighted by atomic mass is 10.1. The molecule has 0 aliphatic heterocycles. The average Bonchev–Trinajstić information content (AvgIpc) is 2.97. The van der Waals surface area contributed by atoms with Crippen molar-refractivity contribution in [2.75, 3.05) is 5.75 Å². The van der Waals surface area contributed by atoms with Gasteiger partial charge in [-0.3, -0.25) is 4.79 Å². The second kappa shape index (κ2) is 9.81. The normalized spacial score (nSPS) is 11.2. The second-order valence-corrected chi connectivity index (χ2v) is 8.66. The van der Waals surface area contributed by atoms with Crippen LogP contribution in [0.15, 0.2) is 53.6 Å². The highest BCUT2D eigenvalue weighted by molar-refractivity contribution is 7.99. The molecule has 3 aromatic rings. The molecule has 0 fully saturated rings. The van der Waals surface area contributed by atoms with Gasteiger partial charge in [0.2, 0.25) is 5.91 Å². The molecule has 4 nitrogen and oxygen atoms in total. The molecule has 156 valence electrons. The SMILES string of the molecule is Cc1ccc(CSCC(=O)N/N=C\c2cc(C)n(-c3c(C)cccc3C)c2C)cc1. The van der Waals surface area contributed by atoms with Crippen molar-refractivity contribution in [3.63, 3.8) is 0 Å². The lowest BCUT2D eigenvalue weighted by Crippen LogP contribution is -2.19. The van der Waals surface area contributed by atoms with Gasteiger partial charge in [0.1, 0.15) is 0 Å². The van der Waals surface area contributed by atoms with Crippen molar-refractivity contribution in [3.05, 3.63) is 87.7 Å². The number of aromatic nitrogens is 1. The molecule has 0 unspecified atom stereocenters. The predicted octanol–water partition coefficient (Wildman–Crippen LogP) is 5.40. The van der Waals surface area contributed by atoms with Crippen molar-refractivity contribution < 1.29 is 4.79 Å². The quantitative estimate of drug-likeness (QED) is 0.411. The first-order valence-electron chi connectivity index (χ1n) is 10.1. The molecular weight excluding hydrogens is 390 g/mol. The Balaban J connectivity index is 1.60. The van der Waals surface area contributed by atoms with Crippen molar-refractivity contribution in [3.8, 4) is 5.69 Å². The summed E-state index contributed by atoms with van der Waals surface area (Å²) < 4.78 is 2.26. The maximum Gasteiger partial charge on any atom is 0.250 e. The summed E-state index contributed by atoms with van der Waals surface area (Å²) in [5.41, 5.74) is 12.0. The van der Waals surface area contributed by atoms with Crippen LogP contribution in [0.2, 0.25) is 0 Å². The Morgan fingerprint density at radius 3 is 2.37 bits per heavy atom. The third-order valence-electron chi connectivity index (χ3n) is 5.15. The van der Waals surface area contributed by atoms with Crippen LogP contribution in [0.4, 0.5) is 0 Å². The molecule has 1 heterocycles. The van der Waals surface area contributed by atoms with E-state index in [1.54, 1.807) is 18.0 Å². The summed E-state index contributed by atoms with van der Waals surface area (Å²) in [6, 6.07) is 16.8. The van der Waals surface area contributed by atoms with E-state index < -0.39 is 0 Å². The Bertz CT molecular complexity index is 1040. The van der Waals surface area contributed by atoms with Gasteiger partial charge in [-0.15, -0.1) is 11.8 Å². The molecule has 0 radical (unpaired) electrons. The minimum Gasteiger partial charge on any atom is -0.317 e. The zero-order valence-corrected chi connectivity index (χ0v) is 19.1. The van der Waals surface area contributed by atoms with Gasteiger partial charge >= 0.3 is 0 Å². The first-order valence-corrected chi connectivity index (χ1v) is 11.2. The molecule has 1 aromatic heterocycles. The summed E-state index contributed by atoms with van der Waals surface area (Å²) in [7, 11) is 0. The summed E-state index contributed by atoms with van der Waals surface area (Å²) in [4.78, 5) is 12.1. The molecule has 0 saturated heterocycles. The number of hydrazone groups is 1. The van der Waals surface area contributed by atoms with Crippen LogP contribution < -0.4 is 5.43 Å². The minimum atomic E-state index is -0.0908. The highest BCUT2D eigenvalue weighted by Gasteiger charge is 2.13. The Hall–Kier alpha value is -2.79. The van der Waals surface area contributed by atoms with E-state index in [2.05, 4.69) is 98.2 Å². The zero-order valence-electron chi connectivity index (χ0n) is 18.3. The monoisotopic (exact) mass is 419 g/mol. The standard InChI is InChI=1S/C25H29N3OS/c1-17-9-11-22(12-10-17)15-30-16-24(29)27-26-14-23-13-20(4)28(21(23)5)25-18(2)7-6-8-19(25)3/h6-14H,15-16H2,1-5H3,(H,27,29)/b26-14-. The van der Waals surface area contributed by atoms with Crippen LogP contribution >= 0.6 is 11.8 Å². The zero-order chi connectivity index (χ0) is 21.7. The van der Waals surface area contributed by atoms with E-state index in [9.17, 15) is 4.79 Å². The lowest BCUT2D eigenvalue weighted by molar-refractivity contribution is -0.118. The fraction of sp³-hybridized carbons (Fsp3) is 0.280. The van der Waals surface area contributed by atoms with E-state index in [1.807, 2.05) is 0 Å². The third-order valence-corrected chi connectivity index (χ3v) is 6.15. The molecule has 1 amide bonds. The fourth-order valence-electron chi connectivity index (χ4n) is 3.57. The van der Waals surface area contributed by atoms with E-state index >= 15 is 0 Å². The van der Waals surface area contributed by atoms with Crippen molar-refractivity contribution in [2.45, 2.75) is 40.4 Å². The molecule has 0 atom stereocenters. The highest BCUT2D eigenvalue weighted by Crippen LogP contribution is 2.25. The lowest BCUT2D eigenvalue weighted by Gasteiger charge is -2.15. The van der Waals surface area contributed by atoms with Crippen molar-refractivity contribution in [1.82, 2.24) is 9.99 Å². The summed E-state index contributed by atoms with van der Waals surface area (Å²) in [5.74, 6) is 1.10. The van der Waals surface area contributed by atoms with Crippen LogP contribution in [-0.4, -0.2) is 22.4 Å². The van der Waals surface area contributed by atoms with E-state index in [4.69, 9.17) is 0 Å². The number of carbonyl (C=O) groups is 1. The van der Waals surface area contributed by atoms with E-state index in [0.717, 1.165) is 22.7 Å². The largest absolute Gasteiger partial charge is 0.317 e. The van der Waals surface area contributed by atoms with Gasteiger partial charge < -0.3 is 4.57 Å². The minimum absolute atomic E-state index is 0.0908. The van der Waals surface area contributed by atoms with Gasteiger partial charge in [-0.1, -0.05) is 48.0 Å². The summed E-state index contributed by atoms with van der Waals surface area (Å²) in [6.45, 7) is 10.5. The van der Waals surface area contributed by atoms with Gasteiger partial charge in [-0.2, -0.15) is 5.10 Å². The van der Waals surface area contributed by atoms with Gasteiger partial charge in [0, 0.05) is 22.7 Å². The predicted molar refractivity (Wildman–Crippen MR) is 128 cm³/mol. The average molecular weight is 420 g/mol. The van der Waals surface area contributed by atoms with Crippen molar-refractivity contribution >= 4 is 23.9 Å². The van der Waals surface area contributed by atoms with Gasteiger partial charge in [-0.25, -0.2) is 5.43 Å². The Kier molecular flexibility index (Phi) is 7.16. The Morgan fingerprint density at radius 1 is 1.03 bits per heavy atom. The number of carbonyl (C=O) groups excluding carboxylic acids is 1. The molecule has 2 aromatic carbocycles. The molecule has 0 saturated carbocycles. The van der Waals surface area contributed by atoms with Crippen LogP contribution in [0.3, 0.4) is 0 Å². The van der Waals surface area contributed by atoms with Gasteiger partial charge in [0.25, 0.3) is 0 Å². The number of amides is 1. The number of thioether (sulfide) groups is 1. The molecule has 30 heavy (non-hydrogen) atoms. The van der Waals surface area contributed by atoms with Crippen molar-refractivity contribution in [1.29, 1.82) is 0 Å². The fourth-order valence-corrected chi connectivity index (χ4v) is 4.35. The molecule has 1 N–H and O–H groups in total. The number of para-hydroxylation sites is 1. The van der Waals surface area contributed by atoms with Crippen LogP contribution in [0.1, 0.15) is 39.2 Å². The number of rotatable bonds is 7. The van der Waals surface area contributed by atoms with Gasteiger partial charge in [-0.05, 0) is 57.4 Å². The number of aryl methyl sites for hydroxylation is 4. The van der Waals surface area contributed by atoms with E-state index in [-0.39, 0.29) is 5.91 Å². The number of benzene rings is 2. The molecule has 0 aliphatic rings. The molecule has 0 bridgehead atoms. The van der Waals surface area contributed by atoms with Gasteiger partial charge in [0.15, 0.2) is 0 Å². The second-order valence-electron chi connectivity index (χ2n) is 7.67. The first kappa shape index (κ1) is 21.9. The topological polar surface area (TPSA) is 46.4 Å². The van der Waals surface area contributed by atoms with Crippen LogP contribution in [0.5, 0.6) is 0 Å². The summed E-state index contributed by atoms with van der Waals surface area (Å²) in [6.07, 6.45) is 1.73. The summed E-state index contributed by atoms with van der Waals surface area (Å²) in [5, 5.41) is 4.18. The van der Waals surface area contributed by atoms with E-state index in [0.29, 0.717) is 5.75 Å². The number of hydrogen-bond acceptors (Lipinski definition) is 3. The number of nitrogens with one attached hydrogen (secondary N) is 1. The van der Waals surface area contributed by atoms with E-state index in [1.165, 1.54) is 27.9 Å². The molecule has 0 spiro atoms. The van der Waals surface area contributed by atoms with Crippen molar-refractivity contribution in [2.24, 2.45) is 5.10 Å². The van der Waals surface area contributed by atoms with Gasteiger partial charge in [0.05, 0.1) is 17.7 Å².